The molecule has 0 N–H and O–H groups in total. The van der Waals surface area contributed by atoms with Crippen molar-refractivity contribution in [3.05, 3.63) is 71.8 Å². The summed E-state index contributed by atoms with van der Waals surface area (Å²) < 4.78 is 12.6. The summed E-state index contributed by atoms with van der Waals surface area (Å²) >= 11 is 0. The Bertz CT molecular complexity index is 914. The second kappa shape index (κ2) is 9.08. The van der Waals surface area contributed by atoms with Gasteiger partial charge < -0.3 is 9.47 Å². The van der Waals surface area contributed by atoms with E-state index in [0.29, 0.717) is 11.5 Å². The molecule has 3 rings (SSSR count). The molecule has 2 aromatic rings. The highest BCUT2D eigenvalue weighted by Gasteiger charge is 2.39. The molecule has 1 atom stereocenters. The fraction of sp³-hybridized carbons (Fsp3) is 0.320. The van der Waals surface area contributed by atoms with Crippen molar-refractivity contribution in [2.75, 3.05) is 13.6 Å². The van der Waals surface area contributed by atoms with Crippen molar-refractivity contribution in [2.45, 2.75) is 33.1 Å². The zero-order chi connectivity index (χ0) is 21.7. The number of carbonyl (C=O) groups is 2. The van der Waals surface area contributed by atoms with Crippen LogP contribution >= 0.6 is 0 Å². The Hall–Kier alpha value is -3.21. The third-order valence-corrected chi connectivity index (χ3v) is 5.32. The van der Waals surface area contributed by atoms with Gasteiger partial charge in [-0.2, -0.15) is 0 Å². The molecule has 0 saturated heterocycles. The summed E-state index contributed by atoms with van der Waals surface area (Å²) in [4.78, 5) is 22.5. The number of rotatable bonds is 5. The van der Waals surface area contributed by atoms with Gasteiger partial charge in [-0.3, -0.25) is 9.59 Å². The van der Waals surface area contributed by atoms with E-state index >= 15 is 0 Å². The summed E-state index contributed by atoms with van der Waals surface area (Å²) in [6, 6.07) is 15.4. The highest BCUT2D eigenvalue weighted by Crippen LogP contribution is 2.45. The molecule has 156 valence electrons. The van der Waals surface area contributed by atoms with Crippen molar-refractivity contribution in [1.29, 1.82) is 0 Å². The van der Waals surface area contributed by atoms with Crippen molar-refractivity contribution in [3.8, 4) is 11.5 Å². The number of hydrogen-bond donors (Lipinski definition) is 0. The minimum absolute atomic E-state index is 0.0792. The Labute approximate surface area is 177 Å². The Kier molecular flexibility index (Phi) is 6.50. The van der Waals surface area contributed by atoms with E-state index in [4.69, 9.17) is 9.47 Å². The van der Waals surface area contributed by atoms with Crippen molar-refractivity contribution < 1.29 is 23.6 Å². The first-order chi connectivity index (χ1) is 14.3. The summed E-state index contributed by atoms with van der Waals surface area (Å²) in [6.45, 7) is 5.96. The van der Waals surface area contributed by atoms with Crippen molar-refractivity contribution in [2.24, 2.45) is 5.41 Å². The van der Waals surface area contributed by atoms with Gasteiger partial charge >= 0.3 is 11.9 Å². The molecular weight excluding hydrogens is 378 g/mol. The standard InChI is InChI=1S/C25H28NO4/c1-18(27)29-22-11-7-20(8-12-22)24(25(3)15-5-6-16-26(4)17-25)21-9-13-23(14-10-21)30-19(2)28/h5-14,16,24H,15,17H2,1-4H3/q+1. The van der Waals surface area contributed by atoms with Gasteiger partial charge in [0.2, 0.25) is 0 Å². The molecule has 1 heterocycles. The smallest absolute Gasteiger partial charge is 0.308 e. The maximum Gasteiger partial charge on any atom is 0.308 e. The van der Waals surface area contributed by atoms with Crippen molar-refractivity contribution in [1.82, 2.24) is 0 Å². The molecule has 0 fully saturated rings. The number of ether oxygens (including phenoxy) is 2. The van der Waals surface area contributed by atoms with Crippen LogP contribution in [0.3, 0.4) is 0 Å². The van der Waals surface area contributed by atoms with Crippen LogP contribution in [0.2, 0.25) is 0 Å². The van der Waals surface area contributed by atoms with Crippen LogP contribution in [0.5, 0.6) is 11.5 Å². The zero-order valence-corrected chi connectivity index (χ0v) is 17.9. The van der Waals surface area contributed by atoms with Crippen LogP contribution in [-0.2, 0) is 9.59 Å². The number of allylic oxidation sites excluding steroid dienone is 2. The normalized spacial score (nSPS) is 18.5. The molecule has 5 nitrogen and oxygen atoms in total. The summed E-state index contributed by atoms with van der Waals surface area (Å²) in [5.74, 6) is 0.490. The molecule has 0 saturated carbocycles. The van der Waals surface area contributed by atoms with Gasteiger partial charge in [-0.15, -0.1) is 0 Å². The molecule has 30 heavy (non-hydrogen) atoms. The minimum atomic E-state index is -0.335. The highest BCUT2D eigenvalue weighted by atomic mass is 16.5. The van der Waals surface area contributed by atoms with Crippen molar-refractivity contribution >= 4 is 18.2 Å². The average molecular weight is 407 g/mol. The molecule has 2 aromatic carbocycles. The van der Waals surface area contributed by atoms with E-state index in [-0.39, 0.29) is 23.3 Å². The van der Waals surface area contributed by atoms with Gasteiger partial charge in [-0.25, -0.2) is 4.58 Å². The number of carbonyl (C=O) groups excluding carboxylic acids is 2. The largest absolute Gasteiger partial charge is 0.427 e. The lowest BCUT2D eigenvalue weighted by atomic mass is 9.68. The van der Waals surface area contributed by atoms with E-state index in [2.05, 4.69) is 36.9 Å². The highest BCUT2D eigenvalue weighted by molar-refractivity contribution is 5.70. The molecule has 1 aliphatic heterocycles. The monoisotopic (exact) mass is 406 g/mol. The maximum atomic E-state index is 11.3. The van der Waals surface area contributed by atoms with Gasteiger partial charge in [0.1, 0.15) is 25.1 Å². The quantitative estimate of drug-likeness (QED) is 0.421. The predicted octanol–water partition coefficient (Wildman–Crippen LogP) is 4.35. The van der Waals surface area contributed by atoms with E-state index < -0.39 is 0 Å². The first kappa shape index (κ1) is 21.5. The van der Waals surface area contributed by atoms with E-state index in [0.717, 1.165) is 24.1 Å². The first-order valence-electron chi connectivity index (χ1n) is 10.0. The van der Waals surface area contributed by atoms with Crippen molar-refractivity contribution in [3.63, 3.8) is 0 Å². The van der Waals surface area contributed by atoms with E-state index in [1.165, 1.54) is 13.8 Å². The fourth-order valence-corrected chi connectivity index (χ4v) is 4.23. The molecule has 5 heteroatoms. The van der Waals surface area contributed by atoms with E-state index in [9.17, 15) is 9.59 Å². The first-order valence-corrected chi connectivity index (χ1v) is 10.0. The SMILES string of the molecule is CC(=O)Oc1ccc(C(c2ccc(OC(C)=O)cc2)C2(C)CC=CC=[N+](C)C2)cc1. The summed E-state index contributed by atoms with van der Waals surface area (Å²) in [7, 11) is 2.08. The summed E-state index contributed by atoms with van der Waals surface area (Å²) in [5, 5.41) is 0. The molecule has 0 bridgehead atoms. The second-order valence-electron chi connectivity index (χ2n) is 8.11. The lowest BCUT2D eigenvalue weighted by Gasteiger charge is -2.35. The summed E-state index contributed by atoms with van der Waals surface area (Å²) in [6.07, 6.45) is 7.30. The summed E-state index contributed by atoms with van der Waals surface area (Å²) in [5.41, 5.74) is 2.19. The van der Waals surface area contributed by atoms with Crippen LogP contribution in [-0.4, -0.2) is 36.3 Å². The van der Waals surface area contributed by atoms with Crippen LogP contribution in [0.4, 0.5) is 0 Å². The lowest BCUT2D eigenvalue weighted by Crippen LogP contribution is -2.34. The Balaban J connectivity index is 2.02. The molecule has 0 radical (unpaired) electrons. The van der Waals surface area contributed by atoms with Crippen LogP contribution in [0.25, 0.3) is 0 Å². The van der Waals surface area contributed by atoms with E-state index in [1.807, 2.05) is 48.5 Å². The number of esters is 2. The van der Waals surface area contributed by atoms with Gasteiger partial charge in [-0.1, -0.05) is 37.3 Å². The van der Waals surface area contributed by atoms with Gasteiger partial charge in [0.15, 0.2) is 6.21 Å². The number of hydrogen-bond acceptors (Lipinski definition) is 4. The average Bonchev–Trinajstić information content (AvgIpc) is 2.84. The van der Waals surface area contributed by atoms with Crippen LogP contribution in [0.1, 0.15) is 44.2 Å². The molecule has 1 unspecified atom stereocenters. The van der Waals surface area contributed by atoms with Gasteiger partial charge in [0.05, 0.1) is 0 Å². The second-order valence-corrected chi connectivity index (χ2v) is 8.11. The van der Waals surface area contributed by atoms with E-state index in [1.54, 1.807) is 0 Å². The molecule has 1 aliphatic rings. The van der Waals surface area contributed by atoms with Gasteiger partial charge in [0, 0.05) is 25.2 Å². The lowest BCUT2D eigenvalue weighted by molar-refractivity contribution is -0.508. The predicted molar refractivity (Wildman–Crippen MR) is 116 cm³/mol. The number of benzene rings is 2. The Morgan fingerprint density at radius 2 is 1.37 bits per heavy atom. The molecule has 0 aliphatic carbocycles. The molecule has 0 aromatic heterocycles. The molecular formula is C25H28NO4+. The fourth-order valence-electron chi connectivity index (χ4n) is 4.23. The zero-order valence-electron chi connectivity index (χ0n) is 17.9. The van der Waals surface area contributed by atoms with Crippen LogP contribution in [0.15, 0.2) is 60.7 Å². The third-order valence-electron chi connectivity index (χ3n) is 5.32. The Morgan fingerprint density at radius 1 is 0.900 bits per heavy atom. The molecule has 0 spiro atoms. The topological polar surface area (TPSA) is 55.6 Å². The third kappa shape index (κ3) is 5.23. The van der Waals surface area contributed by atoms with Crippen LogP contribution < -0.4 is 9.47 Å². The molecule has 0 amide bonds. The van der Waals surface area contributed by atoms with Crippen LogP contribution in [0, 0.1) is 5.41 Å². The number of nitrogens with zero attached hydrogens (tertiary/aromatic N) is 1. The van der Waals surface area contributed by atoms with Gasteiger partial charge in [0.25, 0.3) is 0 Å². The Morgan fingerprint density at radius 3 is 1.80 bits per heavy atom. The maximum absolute atomic E-state index is 11.3. The van der Waals surface area contributed by atoms with Gasteiger partial charge in [-0.05, 0) is 47.9 Å². The minimum Gasteiger partial charge on any atom is -0.427 e.